The quantitative estimate of drug-likeness (QED) is 0.810. The number of hydrogen-bond donors (Lipinski definition) is 1. The third kappa shape index (κ3) is 2.78. The summed E-state index contributed by atoms with van der Waals surface area (Å²) in [6.07, 6.45) is 3.17. The van der Waals surface area contributed by atoms with E-state index in [1.807, 2.05) is 0 Å². The van der Waals surface area contributed by atoms with E-state index >= 15 is 0 Å². The molecule has 0 spiro atoms. The van der Waals surface area contributed by atoms with Crippen molar-refractivity contribution in [1.82, 2.24) is 15.5 Å². The van der Waals surface area contributed by atoms with Crippen molar-refractivity contribution in [3.8, 4) is 0 Å². The Labute approximate surface area is 90.4 Å². The molecule has 84 valence electrons. The Bertz CT molecular complexity index is 321. The first-order valence-electron chi connectivity index (χ1n) is 5.60. The Balaban J connectivity index is 2.03. The lowest BCUT2D eigenvalue weighted by atomic mass is 9.92. The number of nitrogens with zero attached hydrogens (tertiary/aromatic N) is 2. The Hall–Kier alpha value is -0.900. The highest BCUT2D eigenvalue weighted by molar-refractivity contribution is 4.96. The molecule has 0 amide bonds. The van der Waals surface area contributed by atoms with E-state index in [-0.39, 0.29) is 11.5 Å². The average Bonchev–Trinajstić information content (AvgIpc) is 2.68. The van der Waals surface area contributed by atoms with Crippen molar-refractivity contribution < 1.29 is 4.52 Å². The standard InChI is InChI=1S/C11H19N3O/c1-11(2,3)7-9-13-10(15-14-9)8-5-4-6-12-8/h8,12H,4-7H2,1-3H3. The molecule has 0 radical (unpaired) electrons. The van der Waals surface area contributed by atoms with Gasteiger partial charge in [0.05, 0.1) is 6.04 Å². The Kier molecular flexibility index (Phi) is 2.78. The van der Waals surface area contributed by atoms with Crippen LogP contribution in [0.1, 0.15) is 51.4 Å². The molecule has 1 fully saturated rings. The molecule has 0 aromatic carbocycles. The fraction of sp³-hybridized carbons (Fsp3) is 0.818. The van der Waals surface area contributed by atoms with Crippen molar-refractivity contribution in [1.29, 1.82) is 0 Å². The third-order valence-electron chi connectivity index (χ3n) is 2.53. The molecule has 4 heteroatoms. The van der Waals surface area contributed by atoms with Gasteiger partial charge in [-0.15, -0.1) is 0 Å². The van der Waals surface area contributed by atoms with E-state index in [2.05, 4.69) is 36.2 Å². The van der Waals surface area contributed by atoms with Gasteiger partial charge in [-0.2, -0.15) is 4.98 Å². The van der Waals surface area contributed by atoms with Gasteiger partial charge in [-0.25, -0.2) is 0 Å². The van der Waals surface area contributed by atoms with Crippen LogP contribution in [0.15, 0.2) is 4.52 Å². The molecule has 1 atom stereocenters. The summed E-state index contributed by atoms with van der Waals surface area (Å²) in [6.45, 7) is 7.59. The molecule has 1 aliphatic heterocycles. The lowest BCUT2D eigenvalue weighted by Gasteiger charge is -2.14. The number of hydrogen-bond acceptors (Lipinski definition) is 4. The third-order valence-corrected chi connectivity index (χ3v) is 2.53. The van der Waals surface area contributed by atoms with Crippen LogP contribution in [0.5, 0.6) is 0 Å². The summed E-state index contributed by atoms with van der Waals surface area (Å²) in [5.41, 5.74) is 0.213. The molecule has 2 rings (SSSR count). The molecule has 0 bridgehead atoms. The van der Waals surface area contributed by atoms with Crippen LogP contribution in [0.2, 0.25) is 0 Å². The molecular formula is C11H19N3O. The fourth-order valence-electron chi connectivity index (χ4n) is 1.85. The summed E-state index contributed by atoms with van der Waals surface area (Å²) in [7, 11) is 0. The molecule has 0 saturated carbocycles. The zero-order chi connectivity index (χ0) is 10.9. The minimum Gasteiger partial charge on any atom is -0.338 e. The van der Waals surface area contributed by atoms with E-state index in [4.69, 9.17) is 4.52 Å². The first-order valence-corrected chi connectivity index (χ1v) is 5.60. The zero-order valence-electron chi connectivity index (χ0n) is 9.71. The molecule has 1 aliphatic rings. The van der Waals surface area contributed by atoms with E-state index in [1.54, 1.807) is 0 Å². The summed E-state index contributed by atoms with van der Waals surface area (Å²) >= 11 is 0. The molecule has 4 nitrogen and oxygen atoms in total. The molecule has 1 aromatic rings. The van der Waals surface area contributed by atoms with Gasteiger partial charge in [0.25, 0.3) is 0 Å². The first kappa shape index (κ1) is 10.6. The largest absolute Gasteiger partial charge is 0.338 e. The first-order chi connectivity index (χ1) is 7.04. The summed E-state index contributed by atoms with van der Waals surface area (Å²) in [6, 6.07) is 0.284. The monoisotopic (exact) mass is 209 g/mol. The molecule has 15 heavy (non-hydrogen) atoms. The van der Waals surface area contributed by atoms with Crippen LogP contribution in [-0.2, 0) is 6.42 Å². The fourth-order valence-corrected chi connectivity index (χ4v) is 1.85. The molecule has 0 aliphatic carbocycles. The van der Waals surface area contributed by atoms with Crippen LogP contribution < -0.4 is 5.32 Å². The van der Waals surface area contributed by atoms with Crippen molar-refractivity contribution in [2.75, 3.05) is 6.54 Å². The minimum atomic E-state index is 0.213. The lowest BCUT2D eigenvalue weighted by molar-refractivity contribution is 0.333. The maximum absolute atomic E-state index is 5.27. The van der Waals surface area contributed by atoms with Gasteiger partial charge < -0.3 is 9.84 Å². The van der Waals surface area contributed by atoms with Gasteiger partial charge in [-0.05, 0) is 24.8 Å². The summed E-state index contributed by atoms with van der Waals surface area (Å²) in [5.74, 6) is 1.58. The van der Waals surface area contributed by atoms with Crippen molar-refractivity contribution in [2.45, 2.75) is 46.1 Å². The Morgan fingerprint density at radius 3 is 2.87 bits per heavy atom. The van der Waals surface area contributed by atoms with Crippen LogP contribution in [0.25, 0.3) is 0 Å². The van der Waals surface area contributed by atoms with E-state index in [0.29, 0.717) is 0 Å². The maximum atomic E-state index is 5.27. The topological polar surface area (TPSA) is 51.0 Å². The SMILES string of the molecule is CC(C)(C)Cc1noc(C2CCCN2)n1. The Morgan fingerprint density at radius 2 is 2.27 bits per heavy atom. The Morgan fingerprint density at radius 1 is 1.47 bits per heavy atom. The second-order valence-electron chi connectivity index (χ2n) is 5.44. The van der Waals surface area contributed by atoms with Gasteiger partial charge in [-0.3, -0.25) is 0 Å². The zero-order valence-corrected chi connectivity index (χ0v) is 9.71. The van der Waals surface area contributed by atoms with Crippen molar-refractivity contribution >= 4 is 0 Å². The predicted molar refractivity (Wildman–Crippen MR) is 57.4 cm³/mol. The molecule has 1 unspecified atom stereocenters. The summed E-state index contributed by atoms with van der Waals surface area (Å²) < 4.78 is 5.27. The van der Waals surface area contributed by atoms with Gasteiger partial charge >= 0.3 is 0 Å². The smallest absolute Gasteiger partial charge is 0.243 e. The van der Waals surface area contributed by atoms with Gasteiger partial charge in [0, 0.05) is 6.42 Å². The van der Waals surface area contributed by atoms with E-state index in [0.717, 1.165) is 31.1 Å². The molecular weight excluding hydrogens is 190 g/mol. The van der Waals surface area contributed by atoms with E-state index < -0.39 is 0 Å². The highest BCUT2D eigenvalue weighted by Crippen LogP contribution is 2.23. The number of aromatic nitrogens is 2. The lowest BCUT2D eigenvalue weighted by Crippen LogP contribution is -2.14. The molecule has 1 aromatic heterocycles. The van der Waals surface area contributed by atoms with Gasteiger partial charge in [-0.1, -0.05) is 25.9 Å². The minimum absolute atomic E-state index is 0.213. The molecule has 1 saturated heterocycles. The molecule has 2 heterocycles. The van der Waals surface area contributed by atoms with Crippen LogP contribution in [0, 0.1) is 5.41 Å². The summed E-state index contributed by atoms with van der Waals surface area (Å²) in [4.78, 5) is 4.44. The van der Waals surface area contributed by atoms with Gasteiger partial charge in [0.15, 0.2) is 5.82 Å². The van der Waals surface area contributed by atoms with Gasteiger partial charge in [0.1, 0.15) is 0 Å². The van der Waals surface area contributed by atoms with Crippen molar-refractivity contribution in [3.05, 3.63) is 11.7 Å². The second kappa shape index (κ2) is 3.93. The highest BCUT2D eigenvalue weighted by atomic mass is 16.5. The van der Waals surface area contributed by atoms with Gasteiger partial charge in [0.2, 0.25) is 5.89 Å². The van der Waals surface area contributed by atoms with Crippen LogP contribution in [-0.4, -0.2) is 16.7 Å². The maximum Gasteiger partial charge on any atom is 0.243 e. The van der Waals surface area contributed by atoms with Crippen molar-refractivity contribution in [2.24, 2.45) is 5.41 Å². The van der Waals surface area contributed by atoms with E-state index in [9.17, 15) is 0 Å². The molecule has 1 N–H and O–H groups in total. The number of nitrogens with one attached hydrogen (secondary N) is 1. The summed E-state index contributed by atoms with van der Waals surface area (Å²) in [5, 5.41) is 7.37. The highest BCUT2D eigenvalue weighted by Gasteiger charge is 2.23. The predicted octanol–water partition coefficient (Wildman–Crippen LogP) is 2.08. The van der Waals surface area contributed by atoms with Crippen molar-refractivity contribution in [3.63, 3.8) is 0 Å². The van der Waals surface area contributed by atoms with Crippen LogP contribution in [0.4, 0.5) is 0 Å². The second-order valence-corrected chi connectivity index (χ2v) is 5.44. The van der Waals surface area contributed by atoms with E-state index in [1.165, 1.54) is 6.42 Å². The normalized spacial score (nSPS) is 22.2. The van der Waals surface area contributed by atoms with Crippen LogP contribution >= 0.6 is 0 Å². The average molecular weight is 209 g/mol. The van der Waals surface area contributed by atoms with Crippen LogP contribution in [0.3, 0.4) is 0 Å². The number of rotatable bonds is 2.